The van der Waals surface area contributed by atoms with Crippen molar-refractivity contribution in [1.29, 1.82) is 0 Å². The van der Waals surface area contributed by atoms with Crippen LogP contribution in [0.15, 0.2) is 46.2 Å². The van der Waals surface area contributed by atoms with Crippen molar-refractivity contribution in [3.05, 3.63) is 52.7 Å². The zero-order chi connectivity index (χ0) is 25.2. The number of hydrogen-bond donors (Lipinski definition) is 4. The van der Waals surface area contributed by atoms with Crippen LogP contribution >= 0.6 is 11.3 Å². The molecule has 0 radical (unpaired) electrons. The van der Waals surface area contributed by atoms with Gasteiger partial charge in [0.1, 0.15) is 11.7 Å². The number of nitrogens with zero attached hydrogens (tertiary/aromatic N) is 4. The number of rotatable bonds is 10. The van der Waals surface area contributed by atoms with E-state index in [0.29, 0.717) is 17.1 Å². The number of nitrogens with two attached hydrogens (primary N) is 1. The summed E-state index contributed by atoms with van der Waals surface area (Å²) in [5, 5.41) is 28.8. The third-order valence-electron chi connectivity index (χ3n) is 4.94. The second-order valence-electron chi connectivity index (χ2n) is 7.47. The first-order valence-electron chi connectivity index (χ1n) is 9.99. The van der Waals surface area contributed by atoms with Crippen LogP contribution in [0.5, 0.6) is 0 Å². The van der Waals surface area contributed by atoms with E-state index in [4.69, 9.17) is 15.0 Å². The lowest BCUT2D eigenvalue weighted by atomic mass is 10.1. The fourth-order valence-electron chi connectivity index (χ4n) is 3.11. The van der Waals surface area contributed by atoms with Gasteiger partial charge >= 0.3 is 5.97 Å². The van der Waals surface area contributed by atoms with E-state index in [9.17, 15) is 22.8 Å². The number of carboxylic acid groups (broad SMARTS) is 1. The van der Waals surface area contributed by atoms with Gasteiger partial charge in [-0.2, -0.15) is 0 Å². The lowest BCUT2D eigenvalue weighted by molar-refractivity contribution is -0.138. The van der Waals surface area contributed by atoms with Gasteiger partial charge < -0.3 is 20.5 Å². The van der Waals surface area contributed by atoms with Crippen molar-refractivity contribution in [3.8, 4) is 5.69 Å². The molecule has 3 heterocycles. The van der Waals surface area contributed by atoms with Crippen molar-refractivity contribution in [3.63, 3.8) is 0 Å². The van der Waals surface area contributed by atoms with Gasteiger partial charge in [-0.1, -0.05) is 5.21 Å². The highest BCUT2D eigenvalue weighted by molar-refractivity contribution is 7.89. The predicted octanol–water partition coefficient (Wildman–Crippen LogP) is -1.43. The van der Waals surface area contributed by atoms with Crippen LogP contribution in [0, 0.1) is 0 Å². The van der Waals surface area contributed by atoms with Gasteiger partial charge in [-0.3, -0.25) is 9.59 Å². The average molecular weight is 522 g/mol. The standard InChI is InChI=1S/C19H19N7O7S2/c20-35(31,32)13-3-1-12(2-4-13)26-7-11(24-25-26)6-21-17(27)14(5-10-8-34-9-22-10)23-18(28)15-16(33-15)19(29)30/h1-4,7-9,14-16H,5-6H2,(H,21,27)(H,23,28)(H,29,30)(H2,20,31,32)/t14-,15-,16-/m0/s1. The number of epoxide rings is 1. The van der Waals surface area contributed by atoms with Gasteiger partial charge in [-0.05, 0) is 24.3 Å². The Morgan fingerprint density at radius 2 is 1.94 bits per heavy atom. The summed E-state index contributed by atoms with van der Waals surface area (Å²) >= 11 is 1.33. The van der Waals surface area contributed by atoms with Crippen LogP contribution in [-0.4, -0.2) is 69.5 Å². The Hall–Kier alpha value is -3.73. The summed E-state index contributed by atoms with van der Waals surface area (Å²) < 4.78 is 29.0. The summed E-state index contributed by atoms with van der Waals surface area (Å²) in [6.45, 7) is -0.0186. The number of carboxylic acids is 1. The molecule has 35 heavy (non-hydrogen) atoms. The van der Waals surface area contributed by atoms with Gasteiger partial charge in [0.25, 0.3) is 5.91 Å². The highest BCUT2D eigenvalue weighted by Gasteiger charge is 2.51. The minimum atomic E-state index is -3.82. The Bertz CT molecular complexity index is 1340. The summed E-state index contributed by atoms with van der Waals surface area (Å²) in [6, 6.07) is 4.64. The van der Waals surface area contributed by atoms with E-state index >= 15 is 0 Å². The molecule has 0 aliphatic carbocycles. The van der Waals surface area contributed by atoms with Crippen molar-refractivity contribution >= 4 is 39.1 Å². The molecule has 14 nitrogen and oxygen atoms in total. The molecule has 0 bridgehead atoms. The summed E-state index contributed by atoms with van der Waals surface area (Å²) in [5.41, 5.74) is 3.08. The molecule has 184 valence electrons. The number of aliphatic carboxylic acids is 1. The van der Waals surface area contributed by atoms with E-state index in [1.807, 2.05) is 0 Å². The van der Waals surface area contributed by atoms with E-state index in [1.54, 1.807) is 10.9 Å². The number of carbonyl (C=O) groups excluding carboxylic acids is 2. The van der Waals surface area contributed by atoms with E-state index in [2.05, 4.69) is 25.9 Å². The molecule has 1 aliphatic rings. The Balaban J connectivity index is 1.39. The maximum Gasteiger partial charge on any atom is 0.336 e. The molecular formula is C19H19N7O7S2. The average Bonchev–Trinajstić information content (AvgIpc) is 3.21. The minimum Gasteiger partial charge on any atom is -0.479 e. The Morgan fingerprint density at radius 1 is 1.20 bits per heavy atom. The Kier molecular flexibility index (Phi) is 6.88. The van der Waals surface area contributed by atoms with Crippen LogP contribution in [0.1, 0.15) is 11.4 Å². The molecule has 1 aromatic carbocycles. The predicted molar refractivity (Wildman–Crippen MR) is 119 cm³/mol. The molecule has 2 aromatic heterocycles. The molecule has 1 saturated heterocycles. The number of ether oxygens (including phenoxy) is 1. The highest BCUT2D eigenvalue weighted by Crippen LogP contribution is 2.22. The number of nitrogens with one attached hydrogen (secondary N) is 2. The smallest absolute Gasteiger partial charge is 0.336 e. The minimum absolute atomic E-state index is 0.0186. The zero-order valence-electron chi connectivity index (χ0n) is 17.8. The van der Waals surface area contributed by atoms with Gasteiger partial charge in [0, 0.05) is 11.8 Å². The van der Waals surface area contributed by atoms with Crippen LogP contribution in [0.25, 0.3) is 5.69 Å². The number of primary sulfonamides is 1. The molecule has 0 spiro atoms. The largest absolute Gasteiger partial charge is 0.479 e. The third-order valence-corrected chi connectivity index (χ3v) is 6.50. The molecule has 0 saturated carbocycles. The van der Waals surface area contributed by atoms with Crippen molar-refractivity contribution in [2.24, 2.45) is 5.14 Å². The van der Waals surface area contributed by atoms with E-state index in [-0.39, 0.29) is 17.9 Å². The summed E-state index contributed by atoms with van der Waals surface area (Å²) in [7, 11) is -3.82. The molecule has 2 amide bonds. The maximum atomic E-state index is 12.8. The monoisotopic (exact) mass is 521 g/mol. The van der Waals surface area contributed by atoms with Gasteiger partial charge in [0.15, 0.2) is 12.2 Å². The molecule has 0 unspecified atom stereocenters. The summed E-state index contributed by atoms with van der Waals surface area (Å²) in [5.74, 6) is -2.50. The Morgan fingerprint density at radius 3 is 2.54 bits per heavy atom. The third kappa shape index (κ3) is 6.04. The Labute approximate surface area is 202 Å². The number of aromatic nitrogens is 4. The molecule has 1 fully saturated rings. The van der Waals surface area contributed by atoms with Gasteiger partial charge in [-0.25, -0.2) is 28.0 Å². The molecular weight excluding hydrogens is 502 g/mol. The van der Waals surface area contributed by atoms with E-state index in [1.165, 1.54) is 46.5 Å². The molecule has 4 rings (SSSR count). The molecule has 5 N–H and O–H groups in total. The number of sulfonamides is 1. The van der Waals surface area contributed by atoms with Crippen LogP contribution in [0.4, 0.5) is 0 Å². The number of benzene rings is 1. The molecule has 3 atom stereocenters. The molecule has 3 aromatic rings. The van der Waals surface area contributed by atoms with Gasteiger partial charge in [0.05, 0.1) is 34.5 Å². The first-order chi connectivity index (χ1) is 16.6. The van der Waals surface area contributed by atoms with Crippen LogP contribution in [-0.2, 0) is 42.1 Å². The molecule has 1 aliphatic heterocycles. The summed E-state index contributed by atoms with van der Waals surface area (Å²) in [6.07, 6.45) is -0.754. The topological polar surface area (TPSA) is 212 Å². The lowest BCUT2D eigenvalue weighted by Gasteiger charge is -2.17. The number of carbonyl (C=O) groups is 3. The normalized spacial score (nSPS) is 18.0. The zero-order valence-corrected chi connectivity index (χ0v) is 19.4. The van der Waals surface area contributed by atoms with Gasteiger partial charge in [-0.15, -0.1) is 16.4 Å². The van der Waals surface area contributed by atoms with Crippen molar-refractivity contribution in [2.45, 2.75) is 36.1 Å². The van der Waals surface area contributed by atoms with Crippen molar-refractivity contribution in [1.82, 2.24) is 30.6 Å². The maximum absolute atomic E-state index is 12.8. The van der Waals surface area contributed by atoms with Crippen LogP contribution in [0.2, 0.25) is 0 Å². The first-order valence-corrected chi connectivity index (χ1v) is 12.5. The van der Waals surface area contributed by atoms with Crippen molar-refractivity contribution in [2.75, 3.05) is 0 Å². The van der Waals surface area contributed by atoms with E-state index < -0.39 is 46.1 Å². The second-order valence-corrected chi connectivity index (χ2v) is 9.75. The van der Waals surface area contributed by atoms with Crippen molar-refractivity contribution < 1.29 is 32.6 Å². The quantitative estimate of drug-likeness (QED) is 0.228. The number of amides is 2. The van der Waals surface area contributed by atoms with E-state index in [0.717, 1.165) is 0 Å². The SMILES string of the molecule is NS(=O)(=O)c1ccc(-n2cc(CNC(=O)[C@H](Cc3cscn3)NC(=O)[C@H]3O[C@@H]3C(=O)O)nn2)cc1. The summed E-state index contributed by atoms with van der Waals surface area (Å²) in [4.78, 5) is 40.1. The molecule has 16 heteroatoms. The number of thiazole rings is 1. The number of hydrogen-bond acceptors (Lipinski definition) is 10. The fourth-order valence-corrected chi connectivity index (χ4v) is 4.19. The highest BCUT2D eigenvalue weighted by atomic mass is 32.2. The fraction of sp³-hybridized carbons (Fsp3) is 0.263. The first kappa shape index (κ1) is 24.4. The second kappa shape index (κ2) is 9.87. The van der Waals surface area contributed by atoms with Crippen LogP contribution < -0.4 is 15.8 Å². The van der Waals surface area contributed by atoms with Crippen LogP contribution in [0.3, 0.4) is 0 Å². The lowest BCUT2D eigenvalue weighted by Crippen LogP contribution is -2.49. The van der Waals surface area contributed by atoms with Gasteiger partial charge in [0.2, 0.25) is 15.9 Å².